The number of likely N-dealkylation sites (tertiary alicyclic amines) is 1. The van der Waals surface area contributed by atoms with Gasteiger partial charge in [0.2, 0.25) is 0 Å². The molecule has 0 spiro atoms. The van der Waals surface area contributed by atoms with Gasteiger partial charge in [0, 0.05) is 32.7 Å². The molecule has 1 rings (SSSR count). The smallest absolute Gasteiger partial charge is 0 e. The summed E-state index contributed by atoms with van der Waals surface area (Å²) in [7, 11) is 4.20. The van der Waals surface area contributed by atoms with Crippen molar-refractivity contribution in [2.75, 3.05) is 40.3 Å². The molecule has 1 saturated heterocycles. The van der Waals surface area contributed by atoms with Crippen molar-refractivity contribution in [1.29, 1.82) is 0 Å². The second kappa shape index (κ2) is 16.0. The molecule has 0 amide bonds. The Hall–Kier alpha value is 1.02. The molecule has 16 heavy (non-hydrogen) atoms. The van der Waals surface area contributed by atoms with Gasteiger partial charge in [-0.3, -0.25) is 0 Å². The first kappa shape index (κ1) is 22.2. The summed E-state index contributed by atoms with van der Waals surface area (Å²) in [6, 6.07) is 0. The molecule has 1 aliphatic rings. The third kappa shape index (κ3) is 15.0. The Morgan fingerprint density at radius 2 is 1.38 bits per heavy atom. The van der Waals surface area contributed by atoms with Gasteiger partial charge in [-0.1, -0.05) is 20.3 Å². The number of hydrogen-bond acceptors (Lipinski definition) is 2. The molecule has 0 aromatic rings. The third-order valence-electron chi connectivity index (χ3n) is 2.59. The zero-order chi connectivity index (χ0) is 10.8. The fourth-order valence-electron chi connectivity index (χ4n) is 1.34. The molecule has 2 nitrogen and oxygen atoms in total. The third-order valence-corrected chi connectivity index (χ3v) is 2.59. The molecule has 0 saturated carbocycles. The van der Waals surface area contributed by atoms with Crippen molar-refractivity contribution in [2.24, 2.45) is 0 Å². The van der Waals surface area contributed by atoms with Gasteiger partial charge in [0.1, 0.15) is 0 Å². The fourth-order valence-corrected chi connectivity index (χ4v) is 1.34. The van der Waals surface area contributed by atoms with Crippen molar-refractivity contribution < 1.29 is 32.7 Å². The molecule has 0 bridgehead atoms. The molecule has 0 unspecified atom stereocenters. The first-order chi connectivity index (χ1) is 6.70. The molecule has 0 atom stereocenters. The molecule has 1 radical (unpaired) electrons. The SMILES string of the molecule is C.CN1CCCCCC1.[CH2-]CN(C)C[CH2-].[Y]. The Morgan fingerprint density at radius 1 is 1.00 bits per heavy atom. The number of hydrogen-bond donors (Lipinski definition) is 0. The first-order valence-electron chi connectivity index (χ1n) is 5.66. The summed E-state index contributed by atoms with van der Waals surface area (Å²) < 4.78 is 0. The van der Waals surface area contributed by atoms with Gasteiger partial charge in [-0.2, -0.15) is 0 Å². The first-order valence-corrected chi connectivity index (χ1v) is 5.66. The molecule has 3 heteroatoms. The van der Waals surface area contributed by atoms with Gasteiger partial charge < -0.3 is 23.6 Å². The molecule has 0 aliphatic carbocycles. The van der Waals surface area contributed by atoms with Crippen molar-refractivity contribution in [2.45, 2.75) is 33.1 Å². The van der Waals surface area contributed by atoms with Gasteiger partial charge in [-0.05, 0) is 40.0 Å². The fraction of sp³-hybridized carbons (Fsp3) is 0.846. The van der Waals surface area contributed by atoms with Crippen LogP contribution in [0.2, 0.25) is 0 Å². The van der Waals surface area contributed by atoms with E-state index in [-0.39, 0.29) is 40.1 Å². The van der Waals surface area contributed by atoms with Crippen LogP contribution in [-0.2, 0) is 32.7 Å². The predicted octanol–water partition coefficient (Wildman–Crippen LogP) is 2.71. The summed E-state index contributed by atoms with van der Waals surface area (Å²) >= 11 is 0. The summed E-state index contributed by atoms with van der Waals surface area (Å²) in [6.07, 6.45) is 5.72. The van der Waals surface area contributed by atoms with Crippen molar-refractivity contribution in [3.8, 4) is 0 Å². The standard InChI is InChI=1S/C7H15N.C5H11N.CH4.Y/c1-8-6-4-2-3-5-7-8;1-4-6(3)5-2;;/h2-7H2,1H3;1-2,4-5H2,3H3;1H4;/q;-2;;. The molecular weight excluding hydrogens is 273 g/mol. The largest absolute Gasteiger partial charge is 0.365 e. The summed E-state index contributed by atoms with van der Waals surface area (Å²) in [5.41, 5.74) is 0. The molecule has 0 aromatic heterocycles. The Bertz CT molecular complexity index is 109. The quantitative estimate of drug-likeness (QED) is 0.724. The van der Waals surface area contributed by atoms with Crippen LogP contribution in [0.3, 0.4) is 0 Å². The van der Waals surface area contributed by atoms with Gasteiger partial charge in [0.15, 0.2) is 0 Å². The van der Waals surface area contributed by atoms with Crippen LogP contribution >= 0.6 is 0 Å². The Kier molecular flexibility index (Phi) is 22.3. The van der Waals surface area contributed by atoms with E-state index in [9.17, 15) is 0 Å². The van der Waals surface area contributed by atoms with Crippen LogP contribution in [-0.4, -0.2) is 50.1 Å². The van der Waals surface area contributed by atoms with Crippen LogP contribution < -0.4 is 0 Å². The Balaban J connectivity index is -0.000000195. The Morgan fingerprint density at radius 3 is 1.62 bits per heavy atom. The summed E-state index contributed by atoms with van der Waals surface area (Å²) in [4.78, 5) is 4.45. The van der Waals surface area contributed by atoms with Crippen molar-refractivity contribution >= 4 is 0 Å². The van der Waals surface area contributed by atoms with E-state index in [1.807, 2.05) is 11.9 Å². The minimum atomic E-state index is 0. The topological polar surface area (TPSA) is 6.48 Å². The summed E-state index contributed by atoms with van der Waals surface area (Å²) in [6.45, 7) is 11.6. The minimum absolute atomic E-state index is 0. The average Bonchev–Trinajstić information content (AvgIpc) is 2.45. The maximum Gasteiger partial charge on any atom is 0 e. The predicted molar refractivity (Wildman–Crippen MR) is 70.9 cm³/mol. The van der Waals surface area contributed by atoms with Crippen LogP contribution in [0.15, 0.2) is 0 Å². The zero-order valence-electron chi connectivity index (χ0n) is 10.5. The van der Waals surface area contributed by atoms with E-state index < -0.39 is 0 Å². The van der Waals surface area contributed by atoms with E-state index in [4.69, 9.17) is 0 Å². The van der Waals surface area contributed by atoms with Crippen LogP contribution in [0, 0.1) is 13.8 Å². The average molecular weight is 303 g/mol. The van der Waals surface area contributed by atoms with Crippen molar-refractivity contribution in [3.05, 3.63) is 13.8 Å². The van der Waals surface area contributed by atoms with Crippen molar-refractivity contribution in [3.63, 3.8) is 0 Å². The summed E-state index contributed by atoms with van der Waals surface area (Å²) in [5.74, 6) is 0. The van der Waals surface area contributed by atoms with E-state index in [0.29, 0.717) is 0 Å². The van der Waals surface area contributed by atoms with Gasteiger partial charge in [0.25, 0.3) is 0 Å². The van der Waals surface area contributed by atoms with E-state index in [2.05, 4.69) is 25.8 Å². The zero-order valence-corrected chi connectivity index (χ0v) is 13.4. The van der Waals surface area contributed by atoms with Crippen LogP contribution in [0.1, 0.15) is 33.1 Å². The van der Waals surface area contributed by atoms with Crippen LogP contribution in [0.4, 0.5) is 0 Å². The maximum absolute atomic E-state index is 3.64. The monoisotopic (exact) mass is 303 g/mol. The molecule has 1 aliphatic heterocycles. The van der Waals surface area contributed by atoms with E-state index in [1.54, 1.807) is 0 Å². The van der Waals surface area contributed by atoms with Crippen molar-refractivity contribution in [1.82, 2.24) is 9.80 Å². The van der Waals surface area contributed by atoms with E-state index >= 15 is 0 Å². The van der Waals surface area contributed by atoms with Gasteiger partial charge in [-0.15, -0.1) is 13.1 Å². The van der Waals surface area contributed by atoms with Gasteiger partial charge >= 0.3 is 0 Å². The Labute approximate surface area is 129 Å². The summed E-state index contributed by atoms with van der Waals surface area (Å²) in [5, 5.41) is 0. The van der Waals surface area contributed by atoms with Crippen LogP contribution in [0.5, 0.6) is 0 Å². The molecule has 0 aromatic carbocycles. The molecular formula is C13H30N2Y-2. The maximum atomic E-state index is 3.64. The molecule has 97 valence electrons. The van der Waals surface area contributed by atoms with Crippen LogP contribution in [0.25, 0.3) is 0 Å². The molecule has 0 N–H and O–H groups in total. The van der Waals surface area contributed by atoms with E-state index in [1.165, 1.54) is 38.8 Å². The second-order valence-corrected chi connectivity index (χ2v) is 4.02. The van der Waals surface area contributed by atoms with Gasteiger partial charge in [-0.25, -0.2) is 0 Å². The molecule has 1 heterocycles. The van der Waals surface area contributed by atoms with E-state index in [0.717, 1.165) is 13.1 Å². The van der Waals surface area contributed by atoms with Gasteiger partial charge in [0.05, 0.1) is 0 Å². The number of rotatable bonds is 2. The number of nitrogens with zero attached hydrogens (tertiary/aromatic N) is 2. The molecule has 1 fully saturated rings. The second-order valence-electron chi connectivity index (χ2n) is 4.02. The minimum Gasteiger partial charge on any atom is -0.365 e. The normalized spacial score (nSPS) is 16.3.